The van der Waals surface area contributed by atoms with E-state index in [4.69, 9.17) is 21.3 Å². The smallest absolute Gasteiger partial charge is 0.349 e. The van der Waals surface area contributed by atoms with Gasteiger partial charge in [0.2, 0.25) is 0 Å². The summed E-state index contributed by atoms with van der Waals surface area (Å²) in [6.07, 6.45) is 0.210. The summed E-state index contributed by atoms with van der Waals surface area (Å²) in [5, 5.41) is 0. The summed E-state index contributed by atoms with van der Waals surface area (Å²) in [6, 6.07) is 0. The molecule has 0 heterocycles. The fraction of sp³-hybridized carbons (Fsp3) is 0.750. The largest absolute Gasteiger partial charge is 0.370 e. The molecule has 0 spiro atoms. The Hall–Kier alpha value is -0.580. The Morgan fingerprint density at radius 3 is 2.18 bits per heavy atom. The van der Waals surface area contributed by atoms with Crippen LogP contribution in [-0.4, -0.2) is 21.5 Å². The summed E-state index contributed by atoms with van der Waals surface area (Å²) in [6.45, 7) is 1.59. The van der Waals surface area contributed by atoms with Gasteiger partial charge in [0.05, 0.1) is 0 Å². The lowest BCUT2D eigenvalue weighted by atomic mass is 10.5. The van der Waals surface area contributed by atoms with Crippen molar-refractivity contribution in [3.8, 4) is 0 Å². The van der Waals surface area contributed by atoms with Crippen molar-refractivity contribution >= 4 is 13.6 Å². The molecule has 0 amide bonds. The van der Waals surface area contributed by atoms with Crippen molar-refractivity contribution in [1.82, 2.24) is 0 Å². The minimum atomic E-state index is -4.18. The van der Waals surface area contributed by atoms with Gasteiger partial charge in [0.1, 0.15) is 0 Å². The van der Waals surface area contributed by atoms with Gasteiger partial charge in [0.25, 0.3) is 0 Å². The summed E-state index contributed by atoms with van der Waals surface area (Å²) in [5.74, 6) is -1.41. The average Bonchev–Trinajstić information content (AvgIpc) is 1.79. The summed E-state index contributed by atoms with van der Waals surface area (Å²) in [4.78, 5) is 20.6. The Balaban J connectivity index is 4.44. The van der Waals surface area contributed by atoms with Crippen LogP contribution in [0.25, 0.3) is 0 Å². The monoisotopic (exact) mass is 181 g/mol. The van der Waals surface area contributed by atoms with Gasteiger partial charge in [-0.25, -0.2) is 4.99 Å². The topological polar surface area (TPSA) is 122 Å². The first-order chi connectivity index (χ1) is 4.88. The van der Waals surface area contributed by atoms with Crippen molar-refractivity contribution in [3.63, 3.8) is 0 Å². The van der Waals surface area contributed by atoms with Gasteiger partial charge in [0.15, 0.2) is 11.7 Å². The van der Waals surface area contributed by atoms with Crippen molar-refractivity contribution in [1.29, 1.82) is 0 Å². The van der Waals surface area contributed by atoms with Crippen LogP contribution in [0.15, 0.2) is 4.99 Å². The first kappa shape index (κ1) is 10.4. The predicted molar refractivity (Wildman–Crippen MR) is 41.9 cm³/mol. The number of guanidine groups is 1. The average molecular weight is 181 g/mol. The minimum Gasteiger partial charge on any atom is -0.370 e. The molecule has 0 aromatic carbocycles. The molecule has 0 aliphatic carbocycles. The highest BCUT2D eigenvalue weighted by Crippen LogP contribution is 2.43. The van der Waals surface area contributed by atoms with Crippen LogP contribution in [0.2, 0.25) is 0 Å². The lowest BCUT2D eigenvalue weighted by Gasteiger charge is -2.11. The van der Waals surface area contributed by atoms with E-state index in [2.05, 4.69) is 4.99 Å². The second-order valence-electron chi connectivity index (χ2n) is 2.03. The summed E-state index contributed by atoms with van der Waals surface area (Å²) < 4.78 is 10.6. The Morgan fingerprint density at radius 2 is 2.09 bits per heavy atom. The van der Waals surface area contributed by atoms with Crippen LogP contribution in [0.5, 0.6) is 0 Å². The van der Waals surface area contributed by atoms with E-state index in [0.717, 1.165) is 0 Å². The van der Waals surface area contributed by atoms with E-state index in [0.29, 0.717) is 0 Å². The predicted octanol–water partition coefficient (Wildman–Crippen LogP) is -0.826. The Morgan fingerprint density at radius 1 is 1.64 bits per heavy atom. The third-order valence-corrected chi connectivity index (χ3v) is 2.31. The van der Waals surface area contributed by atoms with Crippen LogP contribution in [0.1, 0.15) is 13.3 Å². The number of hydrogen-bond acceptors (Lipinski definition) is 2. The second kappa shape index (κ2) is 3.71. The first-order valence-electron chi connectivity index (χ1n) is 3.02. The van der Waals surface area contributed by atoms with E-state index in [-0.39, 0.29) is 12.4 Å². The van der Waals surface area contributed by atoms with Crippen LogP contribution < -0.4 is 11.5 Å². The van der Waals surface area contributed by atoms with Gasteiger partial charge in [0, 0.05) is 0 Å². The molecule has 0 rings (SSSR count). The number of hydrogen-bond donors (Lipinski definition) is 4. The van der Waals surface area contributed by atoms with Crippen LogP contribution in [0.4, 0.5) is 0 Å². The quantitative estimate of drug-likeness (QED) is 0.257. The molecule has 0 bridgehead atoms. The first-order valence-corrected chi connectivity index (χ1v) is 4.70. The molecule has 66 valence electrons. The molecule has 0 aromatic heterocycles. The maximum atomic E-state index is 10.6. The zero-order valence-electron chi connectivity index (χ0n) is 6.14. The number of aliphatic imine (C=N–C) groups is 1. The Bertz CT molecular complexity index is 195. The molecule has 6 N–H and O–H groups in total. The molecular formula is C4H12N3O3P. The van der Waals surface area contributed by atoms with Crippen molar-refractivity contribution in [2.75, 3.05) is 0 Å². The van der Waals surface area contributed by atoms with E-state index in [1.165, 1.54) is 0 Å². The van der Waals surface area contributed by atoms with Gasteiger partial charge in [-0.1, -0.05) is 6.92 Å². The van der Waals surface area contributed by atoms with Crippen LogP contribution >= 0.6 is 7.60 Å². The van der Waals surface area contributed by atoms with E-state index in [1.54, 1.807) is 6.92 Å². The molecule has 0 saturated carbocycles. The normalized spacial score (nSPS) is 14.1. The van der Waals surface area contributed by atoms with Crippen molar-refractivity contribution in [2.24, 2.45) is 16.5 Å². The SMILES string of the molecule is CCC(N=C(N)N)P(=O)(O)O. The molecule has 0 fully saturated rings. The number of rotatable bonds is 3. The number of nitrogens with zero attached hydrogens (tertiary/aromatic N) is 1. The van der Waals surface area contributed by atoms with Crippen LogP contribution in [0.3, 0.4) is 0 Å². The summed E-state index contributed by atoms with van der Waals surface area (Å²) in [5.41, 5.74) is 9.90. The lowest BCUT2D eigenvalue weighted by molar-refractivity contribution is 0.357. The highest BCUT2D eigenvalue weighted by atomic mass is 31.2. The standard InChI is InChI=1S/C4H12N3O3P/c1-2-3(7-4(5)6)11(8,9)10/h3H,2H2,1H3,(H4,5,6,7)(H2,8,9,10). The van der Waals surface area contributed by atoms with E-state index in [1.807, 2.05) is 0 Å². The second-order valence-corrected chi connectivity index (χ2v) is 3.81. The van der Waals surface area contributed by atoms with Crippen molar-refractivity contribution in [3.05, 3.63) is 0 Å². The molecule has 0 aliphatic heterocycles. The van der Waals surface area contributed by atoms with Crippen molar-refractivity contribution in [2.45, 2.75) is 19.1 Å². The van der Waals surface area contributed by atoms with E-state index in [9.17, 15) is 4.57 Å². The van der Waals surface area contributed by atoms with Gasteiger partial charge >= 0.3 is 7.60 Å². The Labute approximate surface area is 64.5 Å². The van der Waals surface area contributed by atoms with Gasteiger partial charge in [-0.05, 0) is 6.42 Å². The molecule has 0 radical (unpaired) electrons. The van der Waals surface area contributed by atoms with Gasteiger partial charge in [-0.15, -0.1) is 0 Å². The fourth-order valence-electron chi connectivity index (χ4n) is 0.576. The number of nitrogens with two attached hydrogens (primary N) is 2. The molecule has 0 saturated heterocycles. The minimum absolute atomic E-state index is 0.210. The van der Waals surface area contributed by atoms with Crippen molar-refractivity contribution < 1.29 is 14.4 Å². The molecule has 0 aliphatic rings. The maximum absolute atomic E-state index is 10.6. The van der Waals surface area contributed by atoms with Gasteiger partial charge < -0.3 is 21.3 Å². The third kappa shape index (κ3) is 3.98. The summed E-state index contributed by atoms with van der Waals surface area (Å²) >= 11 is 0. The summed E-state index contributed by atoms with van der Waals surface area (Å²) in [7, 11) is -4.18. The zero-order valence-corrected chi connectivity index (χ0v) is 7.03. The van der Waals surface area contributed by atoms with E-state index < -0.39 is 13.4 Å². The lowest BCUT2D eigenvalue weighted by Crippen LogP contribution is -2.25. The molecule has 6 nitrogen and oxygen atoms in total. The fourth-order valence-corrected chi connectivity index (χ4v) is 1.34. The zero-order chi connectivity index (χ0) is 9.07. The maximum Gasteiger partial charge on any atom is 0.349 e. The molecule has 1 unspecified atom stereocenters. The highest BCUT2D eigenvalue weighted by molar-refractivity contribution is 7.52. The molecule has 7 heteroatoms. The molecule has 0 aromatic rings. The molecular weight excluding hydrogens is 169 g/mol. The Kier molecular flexibility index (Phi) is 3.51. The van der Waals surface area contributed by atoms with E-state index >= 15 is 0 Å². The van der Waals surface area contributed by atoms with Crippen LogP contribution in [0, 0.1) is 0 Å². The molecule has 11 heavy (non-hydrogen) atoms. The van der Waals surface area contributed by atoms with Crippen LogP contribution in [-0.2, 0) is 4.57 Å². The molecule has 1 atom stereocenters. The van der Waals surface area contributed by atoms with Gasteiger partial charge in [-0.2, -0.15) is 0 Å². The third-order valence-electron chi connectivity index (χ3n) is 1.05. The van der Waals surface area contributed by atoms with Gasteiger partial charge in [-0.3, -0.25) is 4.57 Å². The highest BCUT2D eigenvalue weighted by Gasteiger charge is 2.26.